The highest BCUT2D eigenvalue weighted by atomic mass is 32.2. The number of likely N-dealkylation sites (N-methyl/N-ethyl adjacent to an activating group) is 1. The number of benzene rings is 2. The van der Waals surface area contributed by atoms with Crippen molar-refractivity contribution in [2.45, 2.75) is 17.9 Å². The Labute approximate surface area is 141 Å². The van der Waals surface area contributed by atoms with Crippen molar-refractivity contribution in [3.8, 4) is 0 Å². The van der Waals surface area contributed by atoms with Crippen LogP contribution in [0.1, 0.15) is 18.6 Å². The van der Waals surface area contributed by atoms with Crippen LogP contribution in [0.2, 0.25) is 0 Å². The highest BCUT2D eigenvalue weighted by Crippen LogP contribution is 2.20. The quantitative estimate of drug-likeness (QED) is 0.836. The van der Waals surface area contributed by atoms with Crippen LogP contribution in [0.5, 0.6) is 0 Å². The van der Waals surface area contributed by atoms with Crippen molar-refractivity contribution in [1.82, 2.24) is 4.31 Å². The van der Waals surface area contributed by atoms with Gasteiger partial charge in [0, 0.05) is 26.2 Å². The van der Waals surface area contributed by atoms with Crippen LogP contribution >= 0.6 is 0 Å². The Balaban J connectivity index is 2.12. The summed E-state index contributed by atoms with van der Waals surface area (Å²) in [6.45, 7) is 1.32. The van der Waals surface area contributed by atoms with Gasteiger partial charge in [-0.15, -0.1) is 0 Å². The molecule has 2 rings (SSSR count). The third kappa shape index (κ3) is 4.41. The third-order valence-corrected chi connectivity index (χ3v) is 5.33. The molecule has 6 nitrogen and oxygen atoms in total. The van der Waals surface area contributed by atoms with E-state index in [0.29, 0.717) is 11.3 Å². The zero-order chi connectivity index (χ0) is 17.7. The molecule has 1 unspecified atom stereocenters. The van der Waals surface area contributed by atoms with Gasteiger partial charge < -0.3 is 10.4 Å². The molecule has 0 bridgehead atoms. The van der Waals surface area contributed by atoms with Gasteiger partial charge in [-0.05, 0) is 29.8 Å². The number of carbonyl (C=O) groups excluding carboxylic acids is 1. The Kier molecular flexibility index (Phi) is 5.71. The van der Waals surface area contributed by atoms with E-state index in [1.165, 1.54) is 38.2 Å². The molecule has 0 saturated carbocycles. The summed E-state index contributed by atoms with van der Waals surface area (Å²) < 4.78 is 26.2. The zero-order valence-corrected chi connectivity index (χ0v) is 14.3. The van der Waals surface area contributed by atoms with Crippen LogP contribution in [0.4, 0.5) is 5.69 Å². The minimum absolute atomic E-state index is 0.0558. The van der Waals surface area contributed by atoms with Gasteiger partial charge in [0.1, 0.15) is 0 Å². The second-order valence-corrected chi connectivity index (χ2v) is 7.46. The van der Waals surface area contributed by atoms with E-state index in [9.17, 15) is 18.3 Å². The molecule has 0 saturated heterocycles. The average molecular weight is 348 g/mol. The van der Waals surface area contributed by atoms with Crippen molar-refractivity contribution >= 4 is 21.6 Å². The minimum atomic E-state index is -3.73. The molecule has 0 aliphatic heterocycles. The molecule has 1 atom stereocenters. The highest BCUT2D eigenvalue weighted by Gasteiger charge is 2.23. The standard InChI is InChI=1S/C17H20N2O4S/c1-13(20)18-15-8-10-16(11-9-15)24(22,23)19(2)12-17(21)14-6-4-3-5-7-14/h3-11,17,21H,12H2,1-2H3,(H,18,20). The Morgan fingerprint density at radius 3 is 2.25 bits per heavy atom. The highest BCUT2D eigenvalue weighted by molar-refractivity contribution is 7.89. The monoisotopic (exact) mass is 348 g/mol. The molecule has 0 radical (unpaired) electrons. The number of nitrogens with one attached hydrogen (secondary N) is 1. The van der Waals surface area contributed by atoms with Crippen molar-refractivity contribution in [2.75, 3.05) is 18.9 Å². The molecule has 0 fully saturated rings. The molecule has 0 aromatic heterocycles. The van der Waals surface area contributed by atoms with Gasteiger partial charge in [-0.25, -0.2) is 8.42 Å². The summed E-state index contributed by atoms with van der Waals surface area (Å²) in [4.78, 5) is 11.1. The van der Waals surface area contributed by atoms with E-state index < -0.39 is 16.1 Å². The molecule has 128 valence electrons. The number of amides is 1. The van der Waals surface area contributed by atoms with Gasteiger partial charge in [-0.1, -0.05) is 30.3 Å². The molecule has 24 heavy (non-hydrogen) atoms. The molecule has 2 aromatic rings. The predicted octanol–water partition coefficient (Wildman–Crippen LogP) is 2.00. The Morgan fingerprint density at radius 2 is 1.71 bits per heavy atom. The van der Waals surface area contributed by atoms with Crippen LogP contribution in [0.3, 0.4) is 0 Å². The molecule has 2 aromatic carbocycles. The Morgan fingerprint density at radius 1 is 1.12 bits per heavy atom. The lowest BCUT2D eigenvalue weighted by Crippen LogP contribution is -2.31. The first-order valence-electron chi connectivity index (χ1n) is 7.37. The van der Waals surface area contributed by atoms with Crippen LogP contribution in [0.15, 0.2) is 59.5 Å². The zero-order valence-electron chi connectivity index (χ0n) is 13.5. The maximum Gasteiger partial charge on any atom is 0.242 e. The van der Waals surface area contributed by atoms with Crippen LogP contribution < -0.4 is 5.32 Å². The van der Waals surface area contributed by atoms with E-state index in [-0.39, 0.29) is 17.3 Å². The maximum atomic E-state index is 12.6. The summed E-state index contributed by atoms with van der Waals surface area (Å²) in [6.07, 6.45) is -0.912. The average Bonchev–Trinajstić information content (AvgIpc) is 2.55. The number of hydrogen-bond donors (Lipinski definition) is 2. The maximum absolute atomic E-state index is 12.6. The lowest BCUT2D eigenvalue weighted by molar-refractivity contribution is -0.114. The van der Waals surface area contributed by atoms with Crippen LogP contribution in [-0.2, 0) is 14.8 Å². The molecule has 2 N–H and O–H groups in total. The van der Waals surface area contributed by atoms with Crippen LogP contribution in [0.25, 0.3) is 0 Å². The lowest BCUT2D eigenvalue weighted by atomic mass is 10.1. The van der Waals surface area contributed by atoms with E-state index in [2.05, 4.69) is 5.32 Å². The predicted molar refractivity (Wildman–Crippen MR) is 92.0 cm³/mol. The Bertz CT molecular complexity index is 789. The van der Waals surface area contributed by atoms with E-state index in [0.717, 1.165) is 4.31 Å². The van der Waals surface area contributed by atoms with Crippen molar-refractivity contribution < 1.29 is 18.3 Å². The van der Waals surface area contributed by atoms with E-state index in [1.54, 1.807) is 24.3 Å². The van der Waals surface area contributed by atoms with Gasteiger partial charge in [0.2, 0.25) is 15.9 Å². The summed E-state index contributed by atoms with van der Waals surface area (Å²) in [5, 5.41) is 12.8. The molecular weight excluding hydrogens is 328 g/mol. The van der Waals surface area contributed by atoms with Gasteiger partial charge in [-0.3, -0.25) is 4.79 Å². The fraction of sp³-hybridized carbons (Fsp3) is 0.235. The molecule has 0 aliphatic rings. The van der Waals surface area contributed by atoms with Crippen molar-refractivity contribution in [2.24, 2.45) is 0 Å². The first-order valence-corrected chi connectivity index (χ1v) is 8.81. The summed E-state index contributed by atoms with van der Waals surface area (Å²) in [5.41, 5.74) is 1.17. The first-order chi connectivity index (χ1) is 11.3. The molecule has 1 amide bonds. The number of carbonyl (C=O) groups is 1. The molecule has 7 heteroatoms. The van der Waals surface area contributed by atoms with E-state index in [1.807, 2.05) is 6.07 Å². The fourth-order valence-electron chi connectivity index (χ4n) is 2.22. The normalized spacial score (nSPS) is 12.8. The number of aliphatic hydroxyl groups excluding tert-OH is 1. The topological polar surface area (TPSA) is 86.7 Å². The lowest BCUT2D eigenvalue weighted by Gasteiger charge is -2.21. The van der Waals surface area contributed by atoms with Gasteiger partial charge in [0.25, 0.3) is 0 Å². The van der Waals surface area contributed by atoms with Gasteiger partial charge in [-0.2, -0.15) is 4.31 Å². The smallest absolute Gasteiger partial charge is 0.242 e. The van der Waals surface area contributed by atoms with Gasteiger partial charge >= 0.3 is 0 Å². The Hall–Kier alpha value is -2.22. The summed E-state index contributed by atoms with van der Waals surface area (Å²) in [7, 11) is -2.31. The first kappa shape index (κ1) is 18.1. The summed E-state index contributed by atoms with van der Waals surface area (Å²) >= 11 is 0. The van der Waals surface area contributed by atoms with Gasteiger partial charge in [0.15, 0.2) is 0 Å². The van der Waals surface area contributed by atoms with Crippen LogP contribution in [-0.4, -0.2) is 37.3 Å². The second-order valence-electron chi connectivity index (χ2n) is 5.42. The molecular formula is C17H20N2O4S. The summed E-state index contributed by atoms with van der Waals surface area (Å²) in [5.74, 6) is -0.228. The fourth-order valence-corrected chi connectivity index (χ4v) is 3.39. The second kappa shape index (κ2) is 7.57. The number of hydrogen-bond acceptors (Lipinski definition) is 4. The number of anilines is 1. The molecule has 0 aliphatic carbocycles. The summed E-state index contributed by atoms with van der Waals surface area (Å²) in [6, 6.07) is 14.8. The number of sulfonamides is 1. The minimum Gasteiger partial charge on any atom is -0.387 e. The largest absolute Gasteiger partial charge is 0.387 e. The van der Waals surface area contributed by atoms with E-state index in [4.69, 9.17) is 0 Å². The van der Waals surface area contributed by atoms with Crippen LogP contribution in [0, 0.1) is 0 Å². The SMILES string of the molecule is CC(=O)Nc1ccc(S(=O)(=O)N(C)CC(O)c2ccccc2)cc1. The molecule has 0 spiro atoms. The number of nitrogens with zero attached hydrogens (tertiary/aromatic N) is 1. The van der Waals surface area contributed by atoms with E-state index >= 15 is 0 Å². The van der Waals surface area contributed by atoms with Crippen molar-refractivity contribution in [3.05, 3.63) is 60.2 Å². The number of aliphatic hydroxyl groups is 1. The third-order valence-electron chi connectivity index (χ3n) is 3.50. The van der Waals surface area contributed by atoms with Crippen molar-refractivity contribution in [1.29, 1.82) is 0 Å². The van der Waals surface area contributed by atoms with Crippen molar-refractivity contribution in [3.63, 3.8) is 0 Å². The van der Waals surface area contributed by atoms with Gasteiger partial charge in [0.05, 0.1) is 11.0 Å². The molecule has 0 heterocycles. The number of rotatable bonds is 6.